The van der Waals surface area contributed by atoms with E-state index in [0.29, 0.717) is 60.0 Å². The summed E-state index contributed by atoms with van der Waals surface area (Å²) in [5, 5.41) is 23.8. The summed E-state index contributed by atoms with van der Waals surface area (Å²) in [7, 11) is 1.46. The van der Waals surface area contributed by atoms with Crippen molar-refractivity contribution in [1.29, 1.82) is 0 Å². The molecular weight excluding hydrogens is 504 g/mol. The van der Waals surface area contributed by atoms with Gasteiger partial charge in [-0.3, -0.25) is 14.4 Å². The second-order valence-electron chi connectivity index (χ2n) is 10.9. The van der Waals surface area contributed by atoms with Crippen molar-refractivity contribution in [3.05, 3.63) is 34.9 Å². The van der Waals surface area contributed by atoms with E-state index in [1.54, 1.807) is 23.1 Å². The molecular formula is C29H38N2O8. The molecule has 0 bridgehead atoms. The fourth-order valence-corrected chi connectivity index (χ4v) is 6.52. The number of hydrogen-bond donors (Lipinski definition) is 3. The number of amides is 2. The fraction of sp³-hybridized carbons (Fsp3) is 0.621. The number of carbonyl (C=O) groups excluding carboxylic acids is 3. The maximum Gasteiger partial charge on any atom is 0.252 e. The zero-order valence-electron chi connectivity index (χ0n) is 22.3. The van der Waals surface area contributed by atoms with Gasteiger partial charge in [-0.2, -0.15) is 0 Å². The number of aliphatic hydroxyl groups excluding tert-OH is 2. The van der Waals surface area contributed by atoms with Gasteiger partial charge in [0.05, 0.1) is 25.7 Å². The minimum atomic E-state index is -1.14. The Balaban J connectivity index is 1.56. The molecule has 1 aromatic carbocycles. The van der Waals surface area contributed by atoms with Gasteiger partial charge in [-0.05, 0) is 49.8 Å². The van der Waals surface area contributed by atoms with Crippen molar-refractivity contribution in [3.8, 4) is 11.5 Å². The van der Waals surface area contributed by atoms with Crippen LogP contribution in [0.2, 0.25) is 0 Å². The first-order valence-corrected chi connectivity index (χ1v) is 14.0. The summed E-state index contributed by atoms with van der Waals surface area (Å²) in [4.78, 5) is 40.7. The van der Waals surface area contributed by atoms with Crippen LogP contribution >= 0.6 is 0 Å². The number of benzene rings is 1. The number of methoxy groups -OCH3 is 1. The first-order chi connectivity index (χ1) is 19.0. The molecule has 3 N–H and O–H groups in total. The van der Waals surface area contributed by atoms with Crippen molar-refractivity contribution >= 4 is 18.1 Å². The molecule has 1 saturated heterocycles. The predicted octanol–water partition coefficient (Wildman–Crippen LogP) is 1.72. The lowest BCUT2D eigenvalue weighted by Gasteiger charge is -2.43. The highest BCUT2D eigenvalue weighted by Crippen LogP contribution is 2.51. The van der Waals surface area contributed by atoms with Crippen LogP contribution in [0.4, 0.5) is 0 Å². The molecule has 2 aliphatic heterocycles. The number of aldehydes is 1. The normalized spacial score (nSPS) is 28.1. The lowest BCUT2D eigenvalue weighted by atomic mass is 9.76. The Labute approximate surface area is 228 Å². The number of hydrogen-bond acceptors (Lipinski definition) is 8. The molecule has 5 atom stereocenters. The molecule has 2 fully saturated rings. The molecule has 212 valence electrons. The van der Waals surface area contributed by atoms with E-state index >= 15 is 0 Å². The molecule has 1 aromatic rings. The van der Waals surface area contributed by atoms with Gasteiger partial charge in [0, 0.05) is 36.4 Å². The summed E-state index contributed by atoms with van der Waals surface area (Å²) in [6.07, 6.45) is 6.58. The van der Waals surface area contributed by atoms with Crippen LogP contribution in [0.3, 0.4) is 0 Å². The van der Waals surface area contributed by atoms with Gasteiger partial charge in [-0.1, -0.05) is 19.3 Å². The quantitative estimate of drug-likeness (QED) is 0.402. The summed E-state index contributed by atoms with van der Waals surface area (Å²) in [5.41, 5.74) is 1.24. The third-order valence-electron chi connectivity index (χ3n) is 8.44. The van der Waals surface area contributed by atoms with E-state index in [1.807, 2.05) is 0 Å². The van der Waals surface area contributed by atoms with Crippen molar-refractivity contribution < 1.29 is 38.8 Å². The van der Waals surface area contributed by atoms with E-state index in [1.165, 1.54) is 13.5 Å². The number of nitrogens with one attached hydrogen (secondary N) is 1. The molecule has 1 saturated carbocycles. The molecule has 1 unspecified atom stereocenters. The first kappa shape index (κ1) is 27.6. The summed E-state index contributed by atoms with van der Waals surface area (Å²) in [6, 6.07) is 2.39. The Morgan fingerprint density at radius 3 is 2.64 bits per heavy atom. The minimum absolute atomic E-state index is 0.0484. The molecule has 5 rings (SSSR count). The zero-order valence-corrected chi connectivity index (χ0v) is 22.3. The van der Waals surface area contributed by atoms with Gasteiger partial charge >= 0.3 is 0 Å². The Kier molecular flexibility index (Phi) is 8.54. The highest BCUT2D eigenvalue weighted by Gasteiger charge is 2.52. The van der Waals surface area contributed by atoms with Crippen molar-refractivity contribution in [2.24, 2.45) is 5.92 Å². The molecule has 0 spiro atoms. The van der Waals surface area contributed by atoms with Gasteiger partial charge in [0.1, 0.15) is 24.6 Å². The highest BCUT2D eigenvalue weighted by atomic mass is 16.5. The van der Waals surface area contributed by atoms with Gasteiger partial charge < -0.3 is 34.6 Å². The second-order valence-corrected chi connectivity index (χ2v) is 10.9. The average molecular weight is 543 g/mol. The third-order valence-corrected chi connectivity index (χ3v) is 8.44. The monoisotopic (exact) mass is 542 g/mol. The Morgan fingerprint density at radius 1 is 1.18 bits per heavy atom. The molecule has 0 radical (unpaired) electrons. The maximum absolute atomic E-state index is 13.8. The van der Waals surface area contributed by atoms with Gasteiger partial charge in [0.2, 0.25) is 5.91 Å². The largest absolute Gasteiger partial charge is 0.493 e. The van der Waals surface area contributed by atoms with Crippen LogP contribution in [0, 0.1) is 5.92 Å². The van der Waals surface area contributed by atoms with Crippen LogP contribution in [-0.4, -0.2) is 91.0 Å². The molecule has 10 heteroatoms. The number of fused-ring (bicyclic) bond motifs is 3. The summed E-state index contributed by atoms with van der Waals surface area (Å²) < 4.78 is 17.5. The van der Waals surface area contributed by atoms with Crippen LogP contribution in [0.5, 0.6) is 11.5 Å². The van der Waals surface area contributed by atoms with E-state index in [-0.39, 0.29) is 19.1 Å². The van der Waals surface area contributed by atoms with E-state index in [9.17, 15) is 24.6 Å². The van der Waals surface area contributed by atoms with Crippen LogP contribution in [-0.2, 0) is 14.3 Å². The van der Waals surface area contributed by atoms with Crippen LogP contribution < -0.4 is 14.8 Å². The highest BCUT2D eigenvalue weighted by molar-refractivity contribution is 5.96. The standard InChI is InChI=1S/C29H38N2O8/c1-37-23-13-18(16-33)12-19-24-20(28(35)30-9-10-32)14-21(25(34)27(24)39-26(19)23)31(15-17-6-3-2-4-7-17)29(36)22-8-5-11-38-22/h12-14,16-17,21-22,24-25,27,32,34H,2-11,15H2,1H3,(H,30,35)/t21-,22?,24+,25+,27+/m1/s1. The summed E-state index contributed by atoms with van der Waals surface area (Å²) in [5.74, 6) is -0.298. The van der Waals surface area contributed by atoms with E-state index in [2.05, 4.69) is 5.32 Å². The molecule has 39 heavy (non-hydrogen) atoms. The van der Waals surface area contributed by atoms with Gasteiger partial charge in [0.15, 0.2) is 11.5 Å². The van der Waals surface area contributed by atoms with Gasteiger partial charge in [-0.15, -0.1) is 0 Å². The van der Waals surface area contributed by atoms with E-state index in [4.69, 9.17) is 14.2 Å². The predicted molar refractivity (Wildman–Crippen MR) is 141 cm³/mol. The molecule has 10 nitrogen and oxygen atoms in total. The number of rotatable bonds is 9. The lowest BCUT2D eigenvalue weighted by molar-refractivity contribution is -0.147. The molecule has 2 heterocycles. The number of aliphatic hydroxyl groups is 2. The van der Waals surface area contributed by atoms with Crippen LogP contribution in [0.1, 0.15) is 66.8 Å². The van der Waals surface area contributed by atoms with Crippen LogP contribution in [0.15, 0.2) is 23.8 Å². The van der Waals surface area contributed by atoms with Gasteiger partial charge in [0.25, 0.3) is 5.91 Å². The van der Waals surface area contributed by atoms with Crippen LogP contribution in [0.25, 0.3) is 0 Å². The second kappa shape index (κ2) is 12.1. The molecule has 2 amide bonds. The Morgan fingerprint density at radius 2 is 1.97 bits per heavy atom. The number of ether oxygens (including phenoxy) is 3. The summed E-state index contributed by atoms with van der Waals surface area (Å²) in [6.45, 7) is 0.798. The smallest absolute Gasteiger partial charge is 0.252 e. The summed E-state index contributed by atoms with van der Waals surface area (Å²) >= 11 is 0. The number of nitrogens with zero attached hydrogens (tertiary/aromatic N) is 1. The zero-order chi connectivity index (χ0) is 27.5. The molecule has 2 aliphatic carbocycles. The number of carbonyl (C=O) groups is 3. The van der Waals surface area contributed by atoms with Crippen molar-refractivity contribution in [2.45, 2.75) is 75.2 Å². The van der Waals surface area contributed by atoms with Crippen molar-refractivity contribution in [1.82, 2.24) is 10.2 Å². The van der Waals surface area contributed by atoms with E-state index < -0.39 is 36.2 Å². The van der Waals surface area contributed by atoms with Crippen molar-refractivity contribution in [2.75, 3.05) is 33.4 Å². The van der Waals surface area contributed by atoms with E-state index in [0.717, 1.165) is 32.1 Å². The first-order valence-electron chi connectivity index (χ1n) is 14.0. The molecule has 4 aliphatic rings. The topological polar surface area (TPSA) is 135 Å². The third kappa shape index (κ3) is 5.42. The van der Waals surface area contributed by atoms with Crippen molar-refractivity contribution in [3.63, 3.8) is 0 Å². The Bertz CT molecular complexity index is 1110. The average Bonchev–Trinajstić information content (AvgIpc) is 3.64. The lowest BCUT2D eigenvalue weighted by Crippen LogP contribution is -2.58. The SMILES string of the molecule is COc1cc(C=O)cc2c1O[C@@H]1[C@@H](O)[C@H](N(CC3CCCCC3)C(=O)C3CCCO3)C=C(C(=O)NCCO)[C@H]21. The Hall–Kier alpha value is -2.95. The fourth-order valence-electron chi connectivity index (χ4n) is 6.52. The van der Waals surface area contributed by atoms with Gasteiger partial charge in [-0.25, -0.2) is 0 Å². The molecule has 0 aromatic heterocycles. The minimum Gasteiger partial charge on any atom is -0.493 e. The maximum atomic E-state index is 13.8.